The van der Waals surface area contributed by atoms with Gasteiger partial charge in [-0.05, 0) is 50.2 Å². The number of halogens is 3. The van der Waals surface area contributed by atoms with Crippen molar-refractivity contribution in [3.8, 4) is 11.3 Å². The van der Waals surface area contributed by atoms with Crippen LogP contribution < -0.4 is 5.73 Å². The van der Waals surface area contributed by atoms with Crippen molar-refractivity contribution in [3.05, 3.63) is 29.6 Å². The molecule has 172 valence electrons. The molecule has 1 aliphatic heterocycles. The van der Waals surface area contributed by atoms with Crippen LogP contribution in [0.5, 0.6) is 0 Å². The molecule has 4 saturated carbocycles. The summed E-state index contributed by atoms with van der Waals surface area (Å²) in [5.41, 5.74) is 7.26. The van der Waals surface area contributed by atoms with E-state index in [1.54, 1.807) is 7.11 Å². The van der Waals surface area contributed by atoms with Crippen LogP contribution in [-0.4, -0.2) is 53.0 Å². The first kappa shape index (κ1) is 20.5. The Balaban J connectivity index is 1.31. The van der Waals surface area contributed by atoms with Gasteiger partial charge < -0.3 is 10.5 Å². The monoisotopic (exact) mass is 447 g/mol. The fourth-order valence-corrected chi connectivity index (χ4v) is 7.20. The molecule has 4 atom stereocenters. The number of likely N-dealkylation sites (tertiary alicyclic amines) is 1. The van der Waals surface area contributed by atoms with E-state index in [0.29, 0.717) is 34.4 Å². The van der Waals surface area contributed by atoms with Crippen LogP contribution in [0.4, 0.5) is 19.0 Å². The van der Waals surface area contributed by atoms with Crippen molar-refractivity contribution < 1.29 is 17.9 Å². The van der Waals surface area contributed by atoms with E-state index in [-0.39, 0.29) is 11.5 Å². The fraction of sp³-hybridized carbons (Fsp3) is 0.652. The molecule has 0 radical (unpaired) electrons. The number of nitrogens with two attached hydrogens (primary N) is 1. The first-order valence-electron chi connectivity index (χ1n) is 11.3. The summed E-state index contributed by atoms with van der Waals surface area (Å²) in [7, 11) is 1.74. The summed E-state index contributed by atoms with van der Waals surface area (Å²) >= 11 is 0. The van der Waals surface area contributed by atoms with Gasteiger partial charge >= 0.3 is 6.18 Å². The third kappa shape index (κ3) is 2.49. The number of rotatable bonds is 6. The van der Waals surface area contributed by atoms with Crippen molar-refractivity contribution in [3.63, 3.8) is 0 Å². The quantitative estimate of drug-likeness (QED) is 0.733. The SMILES string of the molecule is COCCN1CC2(C[C@@H]3[C@@H]4C2[C@@]34c2cc(-c3cnc(N)c(C(F)(F)F)c3)nn2C(C)C)C1. The molecule has 2 N–H and O–H groups in total. The maximum atomic E-state index is 13.4. The Morgan fingerprint density at radius 1 is 1.28 bits per heavy atom. The molecular formula is C23H28F3N5O. The minimum atomic E-state index is -4.54. The van der Waals surface area contributed by atoms with Crippen molar-refractivity contribution >= 4 is 5.82 Å². The smallest absolute Gasteiger partial charge is 0.383 e. The minimum absolute atomic E-state index is 0.133. The van der Waals surface area contributed by atoms with E-state index >= 15 is 0 Å². The van der Waals surface area contributed by atoms with Gasteiger partial charge in [0.2, 0.25) is 0 Å². The topological polar surface area (TPSA) is 69.2 Å². The lowest BCUT2D eigenvalue weighted by molar-refractivity contribution is -0.137. The summed E-state index contributed by atoms with van der Waals surface area (Å²) in [5.74, 6) is 1.57. The zero-order valence-corrected chi connectivity index (χ0v) is 18.5. The average molecular weight is 448 g/mol. The molecule has 3 heterocycles. The number of pyridine rings is 1. The first-order valence-corrected chi connectivity index (χ1v) is 11.3. The van der Waals surface area contributed by atoms with Crippen LogP contribution in [0.25, 0.3) is 11.3 Å². The van der Waals surface area contributed by atoms with Gasteiger partial charge in [0.05, 0.1) is 17.9 Å². The largest absolute Gasteiger partial charge is 0.419 e. The second-order valence-corrected chi connectivity index (χ2v) is 10.4. The fourth-order valence-electron chi connectivity index (χ4n) is 7.20. The number of aromatic nitrogens is 3. The number of alkyl halides is 3. The molecule has 4 aliphatic carbocycles. The molecule has 9 heteroatoms. The summed E-state index contributed by atoms with van der Waals surface area (Å²) in [4.78, 5) is 6.28. The van der Waals surface area contributed by atoms with Gasteiger partial charge in [-0.15, -0.1) is 0 Å². The Bertz CT molecular complexity index is 1080. The third-order valence-corrected chi connectivity index (χ3v) is 8.42. The van der Waals surface area contributed by atoms with Gasteiger partial charge in [0.15, 0.2) is 0 Å². The molecule has 5 fully saturated rings. The molecule has 5 aliphatic rings. The summed E-state index contributed by atoms with van der Waals surface area (Å²) in [6.07, 6.45) is -1.89. The van der Waals surface area contributed by atoms with E-state index < -0.39 is 17.6 Å². The maximum Gasteiger partial charge on any atom is 0.419 e. The molecule has 0 aromatic carbocycles. The molecule has 1 saturated heterocycles. The van der Waals surface area contributed by atoms with Crippen LogP contribution in [0.3, 0.4) is 0 Å². The molecule has 32 heavy (non-hydrogen) atoms. The Morgan fingerprint density at radius 3 is 2.66 bits per heavy atom. The Hall–Kier alpha value is -2.13. The van der Waals surface area contributed by atoms with Gasteiger partial charge in [0, 0.05) is 61.1 Å². The van der Waals surface area contributed by atoms with Crippen LogP contribution in [0.1, 0.15) is 37.6 Å². The zero-order chi connectivity index (χ0) is 22.6. The van der Waals surface area contributed by atoms with Gasteiger partial charge in [-0.25, -0.2) is 4.98 Å². The second-order valence-electron chi connectivity index (χ2n) is 10.4. The maximum absolute atomic E-state index is 13.4. The summed E-state index contributed by atoms with van der Waals surface area (Å²) < 4.78 is 47.3. The number of hydrogen-bond donors (Lipinski definition) is 1. The Labute approximate surface area is 184 Å². The molecule has 6 nitrogen and oxygen atoms in total. The Morgan fingerprint density at radius 2 is 2.03 bits per heavy atom. The van der Waals surface area contributed by atoms with Crippen LogP contribution >= 0.6 is 0 Å². The highest BCUT2D eigenvalue weighted by atomic mass is 19.4. The van der Waals surface area contributed by atoms with Crippen molar-refractivity contribution in [1.29, 1.82) is 0 Å². The van der Waals surface area contributed by atoms with Gasteiger partial charge in [0.1, 0.15) is 5.82 Å². The minimum Gasteiger partial charge on any atom is -0.383 e. The predicted molar refractivity (Wildman–Crippen MR) is 113 cm³/mol. The Kier molecular flexibility index (Phi) is 4.00. The molecule has 1 unspecified atom stereocenters. The number of nitrogens with zero attached hydrogens (tertiary/aromatic N) is 4. The molecule has 2 bridgehead atoms. The summed E-state index contributed by atoms with van der Waals surface area (Å²) in [6.45, 7) is 8.16. The van der Waals surface area contributed by atoms with E-state index in [9.17, 15) is 13.2 Å². The molecule has 2 aromatic rings. The lowest BCUT2D eigenvalue weighted by Crippen LogP contribution is -2.57. The number of nitrogen functional groups attached to an aromatic ring is 1. The first-order chi connectivity index (χ1) is 15.1. The summed E-state index contributed by atoms with van der Waals surface area (Å²) in [5, 5.41) is 4.75. The number of anilines is 1. The second kappa shape index (κ2) is 6.26. The van der Waals surface area contributed by atoms with Crippen molar-refractivity contribution in [2.24, 2.45) is 23.2 Å². The van der Waals surface area contributed by atoms with Crippen LogP contribution in [0.2, 0.25) is 0 Å². The molecular weight excluding hydrogens is 419 g/mol. The van der Waals surface area contributed by atoms with E-state index in [0.717, 1.165) is 32.3 Å². The van der Waals surface area contributed by atoms with Crippen LogP contribution in [0.15, 0.2) is 18.3 Å². The number of hydrogen-bond acceptors (Lipinski definition) is 5. The molecule has 7 rings (SSSR count). The van der Waals surface area contributed by atoms with Crippen molar-refractivity contribution in [2.45, 2.75) is 37.9 Å². The van der Waals surface area contributed by atoms with Gasteiger partial charge in [-0.3, -0.25) is 9.58 Å². The number of methoxy groups -OCH3 is 1. The van der Waals surface area contributed by atoms with Crippen molar-refractivity contribution in [2.75, 3.05) is 39.1 Å². The highest BCUT2D eigenvalue weighted by Gasteiger charge is 2.97. The molecule has 0 amide bonds. The van der Waals surface area contributed by atoms with E-state index in [2.05, 4.69) is 23.7 Å². The predicted octanol–water partition coefficient (Wildman–Crippen LogP) is 3.59. The summed E-state index contributed by atoms with van der Waals surface area (Å²) in [6, 6.07) is 3.22. The highest BCUT2D eigenvalue weighted by Crippen LogP contribution is 2.96. The molecule has 1 spiro atoms. The lowest BCUT2D eigenvalue weighted by atomic mass is 9.76. The van der Waals surface area contributed by atoms with Gasteiger partial charge in [0.25, 0.3) is 0 Å². The van der Waals surface area contributed by atoms with E-state index in [1.807, 2.05) is 10.7 Å². The average Bonchev–Trinajstić information content (AvgIpc) is 3.30. The van der Waals surface area contributed by atoms with Crippen LogP contribution in [-0.2, 0) is 16.3 Å². The normalized spacial score (nSPS) is 31.8. The third-order valence-electron chi connectivity index (χ3n) is 8.42. The standard InChI is InChI=1S/C23H28F3N5O/c1-12(2)31-17(7-16(29-31)13-6-14(23(24,25)26)20(27)28-9-13)22-15-8-21(19(22)18(15)22)10-30(11-21)4-5-32-3/h6-7,9,12,15,18-19H,4-5,8,10-11H2,1-3H3,(H2,27,28)/t15-,18-,19?,22-/m1/s1. The number of ether oxygens (including phenoxy) is 1. The van der Waals surface area contributed by atoms with E-state index in [1.165, 1.54) is 18.3 Å². The highest BCUT2D eigenvalue weighted by molar-refractivity contribution is 5.65. The van der Waals surface area contributed by atoms with Crippen molar-refractivity contribution in [1.82, 2.24) is 19.7 Å². The van der Waals surface area contributed by atoms with Crippen LogP contribution in [0, 0.1) is 23.2 Å². The van der Waals surface area contributed by atoms with Gasteiger partial charge in [-0.1, -0.05) is 0 Å². The molecule has 2 aromatic heterocycles. The zero-order valence-electron chi connectivity index (χ0n) is 18.5. The van der Waals surface area contributed by atoms with Gasteiger partial charge in [-0.2, -0.15) is 18.3 Å². The van der Waals surface area contributed by atoms with E-state index in [4.69, 9.17) is 15.6 Å². The lowest BCUT2D eigenvalue weighted by Gasteiger charge is -2.49.